The minimum Gasteiger partial charge on any atom is -0.387 e. The molecule has 4 N–H and O–H groups in total. The zero-order chi connectivity index (χ0) is 28.0. The minimum absolute atomic E-state index is 0.0888. The van der Waals surface area contributed by atoms with Crippen molar-refractivity contribution in [3.8, 4) is 0 Å². The van der Waals surface area contributed by atoms with Crippen LogP contribution in [0.2, 0.25) is 0 Å². The Kier molecular flexibility index (Phi) is 8.76. The van der Waals surface area contributed by atoms with Crippen molar-refractivity contribution in [1.29, 1.82) is 0 Å². The SMILES string of the molecule is OC1C(O)C(O)C(Cc2ccccc2)(OCc2ccccc2)C(Cc2ccccc2)(OCc2ccccc2)C1O. The van der Waals surface area contributed by atoms with Gasteiger partial charge in [0.05, 0.1) is 13.2 Å². The van der Waals surface area contributed by atoms with Crippen LogP contribution in [-0.4, -0.2) is 56.0 Å². The van der Waals surface area contributed by atoms with Gasteiger partial charge in [0.15, 0.2) is 0 Å². The quantitative estimate of drug-likeness (QED) is 0.244. The van der Waals surface area contributed by atoms with E-state index in [1.807, 2.05) is 121 Å². The van der Waals surface area contributed by atoms with Crippen LogP contribution in [0.4, 0.5) is 0 Å². The first-order valence-corrected chi connectivity index (χ1v) is 13.6. The largest absolute Gasteiger partial charge is 0.387 e. The second-order valence-electron chi connectivity index (χ2n) is 10.5. The highest BCUT2D eigenvalue weighted by molar-refractivity contribution is 5.31. The van der Waals surface area contributed by atoms with Gasteiger partial charge in [0.25, 0.3) is 0 Å². The first-order valence-electron chi connectivity index (χ1n) is 13.6. The average molecular weight is 541 g/mol. The molecular formula is C34H36O6. The number of benzene rings is 4. The third-order valence-electron chi connectivity index (χ3n) is 7.97. The fourth-order valence-corrected chi connectivity index (χ4v) is 5.82. The molecule has 6 atom stereocenters. The molecule has 6 unspecified atom stereocenters. The lowest BCUT2D eigenvalue weighted by Crippen LogP contribution is -2.80. The Morgan fingerprint density at radius 2 is 0.700 bits per heavy atom. The topological polar surface area (TPSA) is 99.4 Å². The van der Waals surface area contributed by atoms with E-state index in [9.17, 15) is 20.4 Å². The molecule has 0 saturated heterocycles. The van der Waals surface area contributed by atoms with Crippen molar-refractivity contribution in [3.63, 3.8) is 0 Å². The molecular weight excluding hydrogens is 504 g/mol. The number of rotatable bonds is 10. The predicted octanol–water partition coefficient (Wildman–Crippen LogP) is 3.84. The molecule has 0 aromatic heterocycles. The summed E-state index contributed by atoms with van der Waals surface area (Å²) in [7, 11) is 0. The molecule has 4 aromatic rings. The summed E-state index contributed by atoms with van der Waals surface area (Å²) in [6, 6.07) is 38.1. The van der Waals surface area contributed by atoms with Crippen molar-refractivity contribution < 1.29 is 29.9 Å². The highest BCUT2D eigenvalue weighted by atomic mass is 16.6. The maximum atomic E-state index is 11.9. The van der Waals surface area contributed by atoms with Crippen LogP contribution < -0.4 is 0 Å². The molecule has 0 amide bonds. The summed E-state index contributed by atoms with van der Waals surface area (Å²) in [5.41, 5.74) is 0.0415. The normalized spacial score (nSPS) is 28.3. The molecule has 0 aliphatic heterocycles. The molecule has 0 heterocycles. The standard InChI is InChI=1S/C34H36O6/c35-29-30(36)32(38)34(22-26-15-7-2-8-16-26,40-24-28-19-11-4-12-20-28)33(31(29)37,21-25-13-5-1-6-14-25)39-23-27-17-9-3-10-18-27/h1-20,29-32,35-38H,21-24H2. The second-order valence-corrected chi connectivity index (χ2v) is 10.5. The van der Waals surface area contributed by atoms with Crippen molar-refractivity contribution in [3.05, 3.63) is 144 Å². The zero-order valence-electron chi connectivity index (χ0n) is 22.3. The van der Waals surface area contributed by atoms with Crippen molar-refractivity contribution in [2.75, 3.05) is 0 Å². The van der Waals surface area contributed by atoms with E-state index in [2.05, 4.69) is 0 Å². The van der Waals surface area contributed by atoms with Crippen LogP contribution in [0.3, 0.4) is 0 Å². The van der Waals surface area contributed by atoms with Crippen LogP contribution in [0.25, 0.3) is 0 Å². The summed E-state index contributed by atoms with van der Waals surface area (Å²) in [5, 5.41) is 46.0. The Bertz CT molecular complexity index is 1210. The van der Waals surface area contributed by atoms with Crippen LogP contribution in [0.15, 0.2) is 121 Å². The van der Waals surface area contributed by atoms with Crippen LogP contribution in [0.5, 0.6) is 0 Å². The van der Waals surface area contributed by atoms with Crippen LogP contribution in [0, 0.1) is 0 Å². The smallest absolute Gasteiger partial charge is 0.133 e. The van der Waals surface area contributed by atoms with Gasteiger partial charge < -0.3 is 29.9 Å². The Balaban J connectivity index is 1.69. The third kappa shape index (κ3) is 5.60. The number of hydrogen-bond acceptors (Lipinski definition) is 6. The highest BCUT2D eigenvalue weighted by Crippen LogP contribution is 2.48. The van der Waals surface area contributed by atoms with E-state index in [0.29, 0.717) is 0 Å². The van der Waals surface area contributed by atoms with Gasteiger partial charge in [0, 0.05) is 12.8 Å². The molecule has 1 aliphatic rings. The van der Waals surface area contributed by atoms with E-state index in [-0.39, 0.29) is 26.1 Å². The first kappa shape index (κ1) is 28.2. The summed E-state index contributed by atoms with van der Waals surface area (Å²) in [5.74, 6) is 0. The average Bonchev–Trinajstić information content (AvgIpc) is 3.01. The summed E-state index contributed by atoms with van der Waals surface area (Å²) < 4.78 is 13.5. The lowest BCUT2D eigenvalue weighted by Gasteiger charge is -2.59. The molecule has 6 nitrogen and oxygen atoms in total. The molecule has 1 aliphatic carbocycles. The van der Waals surface area contributed by atoms with Crippen molar-refractivity contribution in [1.82, 2.24) is 0 Å². The molecule has 5 rings (SSSR count). The molecule has 1 saturated carbocycles. The van der Waals surface area contributed by atoms with E-state index in [1.165, 1.54) is 0 Å². The summed E-state index contributed by atoms with van der Waals surface area (Å²) in [6.45, 7) is 0.178. The van der Waals surface area contributed by atoms with Crippen molar-refractivity contribution in [2.45, 2.75) is 61.7 Å². The van der Waals surface area contributed by atoms with Crippen LogP contribution in [-0.2, 0) is 35.5 Å². The maximum Gasteiger partial charge on any atom is 0.133 e. The molecule has 6 heteroatoms. The lowest BCUT2D eigenvalue weighted by molar-refractivity contribution is -0.342. The Labute approximate surface area is 235 Å². The number of hydrogen-bond donors (Lipinski definition) is 4. The van der Waals surface area contributed by atoms with Gasteiger partial charge in [0.1, 0.15) is 35.6 Å². The second kappa shape index (κ2) is 12.4. The van der Waals surface area contributed by atoms with Crippen molar-refractivity contribution in [2.24, 2.45) is 0 Å². The summed E-state index contributed by atoms with van der Waals surface area (Å²) in [4.78, 5) is 0. The first-order chi connectivity index (χ1) is 19.4. The van der Waals surface area contributed by atoms with Crippen LogP contribution in [0.1, 0.15) is 22.3 Å². The molecule has 4 aromatic carbocycles. The fourth-order valence-electron chi connectivity index (χ4n) is 5.82. The summed E-state index contributed by atoms with van der Waals surface area (Å²) in [6.07, 6.45) is -6.28. The molecule has 0 bridgehead atoms. The van der Waals surface area contributed by atoms with Gasteiger partial charge in [-0.15, -0.1) is 0 Å². The Hall–Kier alpha value is -3.36. The van der Waals surface area contributed by atoms with E-state index < -0.39 is 35.6 Å². The van der Waals surface area contributed by atoms with Crippen LogP contribution >= 0.6 is 0 Å². The maximum absolute atomic E-state index is 11.9. The van der Waals surface area contributed by atoms with Gasteiger partial charge in [-0.25, -0.2) is 0 Å². The molecule has 40 heavy (non-hydrogen) atoms. The van der Waals surface area contributed by atoms with Gasteiger partial charge in [-0.1, -0.05) is 121 Å². The lowest BCUT2D eigenvalue weighted by atomic mass is 9.61. The van der Waals surface area contributed by atoms with E-state index in [0.717, 1.165) is 22.3 Å². The number of aliphatic hydroxyl groups is 4. The fraction of sp³-hybridized carbons (Fsp3) is 0.294. The monoisotopic (exact) mass is 540 g/mol. The van der Waals surface area contributed by atoms with Gasteiger partial charge in [0.2, 0.25) is 0 Å². The zero-order valence-corrected chi connectivity index (χ0v) is 22.3. The summed E-state index contributed by atoms with van der Waals surface area (Å²) >= 11 is 0. The third-order valence-corrected chi connectivity index (χ3v) is 7.97. The van der Waals surface area contributed by atoms with E-state index in [1.54, 1.807) is 0 Å². The van der Waals surface area contributed by atoms with Crippen molar-refractivity contribution >= 4 is 0 Å². The highest BCUT2D eigenvalue weighted by Gasteiger charge is 2.69. The Morgan fingerprint density at radius 1 is 0.425 bits per heavy atom. The van der Waals surface area contributed by atoms with Gasteiger partial charge in [-0.2, -0.15) is 0 Å². The molecule has 1 fully saturated rings. The van der Waals surface area contributed by atoms with E-state index in [4.69, 9.17) is 9.47 Å². The van der Waals surface area contributed by atoms with Gasteiger partial charge in [-0.05, 0) is 22.3 Å². The molecule has 0 spiro atoms. The Morgan fingerprint density at radius 3 is 1.00 bits per heavy atom. The number of ether oxygens (including phenoxy) is 2. The number of aliphatic hydroxyl groups excluding tert-OH is 4. The minimum atomic E-state index is -1.67. The predicted molar refractivity (Wildman–Crippen MR) is 152 cm³/mol. The van der Waals surface area contributed by atoms with Gasteiger partial charge >= 0.3 is 0 Å². The molecule has 208 valence electrons. The van der Waals surface area contributed by atoms with E-state index >= 15 is 0 Å². The molecule has 0 radical (unpaired) electrons. The van der Waals surface area contributed by atoms with Gasteiger partial charge in [-0.3, -0.25) is 0 Å².